The van der Waals surface area contributed by atoms with E-state index in [1.54, 1.807) is 65.9 Å². The van der Waals surface area contributed by atoms with E-state index in [0.717, 1.165) is 11.3 Å². The van der Waals surface area contributed by atoms with Gasteiger partial charge in [-0.3, -0.25) is 9.36 Å². The van der Waals surface area contributed by atoms with Crippen LogP contribution in [0, 0.1) is 0 Å². The molecule has 0 radical (unpaired) electrons. The largest absolute Gasteiger partial charge is 0.493 e. The average molecular weight is 564 g/mol. The number of nitrogens with one attached hydrogen (secondary N) is 1. The molecule has 4 aromatic rings. The fourth-order valence-electron chi connectivity index (χ4n) is 3.84. The molecule has 0 fully saturated rings. The molecule has 0 saturated carbocycles. The van der Waals surface area contributed by atoms with Crippen molar-refractivity contribution in [2.45, 2.75) is 5.16 Å². The highest BCUT2D eigenvalue weighted by atomic mass is 32.2. The van der Waals surface area contributed by atoms with Gasteiger partial charge in [-0.25, -0.2) is 5.43 Å². The number of benzene rings is 3. The third kappa shape index (κ3) is 6.29. The van der Waals surface area contributed by atoms with Crippen molar-refractivity contribution in [2.24, 2.45) is 5.10 Å². The Labute approximate surface area is 236 Å². The van der Waals surface area contributed by atoms with Gasteiger partial charge in [-0.1, -0.05) is 30.0 Å². The number of para-hydroxylation sites is 1. The second kappa shape index (κ2) is 13.4. The monoisotopic (exact) mass is 563 g/mol. The van der Waals surface area contributed by atoms with Crippen molar-refractivity contribution in [3.63, 3.8) is 0 Å². The van der Waals surface area contributed by atoms with Crippen LogP contribution in [-0.4, -0.2) is 68.2 Å². The van der Waals surface area contributed by atoms with Gasteiger partial charge in [0.05, 0.1) is 47.5 Å². The summed E-state index contributed by atoms with van der Waals surface area (Å²) in [6, 6.07) is 18.5. The number of methoxy groups -OCH3 is 5. The Balaban J connectivity index is 1.55. The van der Waals surface area contributed by atoms with Crippen LogP contribution in [0.1, 0.15) is 5.56 Å². The molecule has 0 spiro atoms. The third-order valence-electron chi connectivity index (χ3n) is 5.71. The van der Waals surface area contributed by atoms with E-state index >= 15 is 0 Å². The normalized spacial score (nSPS) is 10.8. The van der Waals surface area contributed by atoms with E-state index in [1.807, 2.05) is 34.9 Å². The lowest BCUT2D eigenvalue weighted by Gasteiger charge is -2.15. The number of rotatable bonds is 12. The molecule has 0 unspecified atom stereocenters. The molecule has 0 aliphatic heterocycles. The second-order valence-corrected chi connectivity index (χ2v) is 9.03. The van der Waals surface area contributed by atoms with Gasteiger partial charge < -0.3 is 23.7 Å². The summed E-state index contributed by atoms with van der Waals surface area (Å²) in [5.74, 6) is 2.91. The number of ether oxygens (including phenoxy) is 5. The maximum atomic E-state index is 12.6. The Morgan fingerprint density at radius 3 is 2.15 bits per heavy atom. The topological polar surface area (TPSA) is 118 Å². The number of hydrazone groups is 1. The van der Waals surface area contributed by atoms with E-state index in [9.17, 15) is 4.79 Å². The van der Waals surface area contributed by atoms with Crippen molar-refractivity contribution in [2.75, 3.05) is 41.3 Å². The summed E-state index contributed by atoms with van der Waals surface area (Å²) in [7, 11) is 7.77. The van der Waals surface area contributed by atoms with Crippen molar-refractivity contribution >= 4 is 23.9 Å². The minimum absolute atomic E-state index is 0.0590. The summed E-state index contributed by atoms with van der Waals surface area (Å²) in [4.78, 5) is 12.6. The van der Waals surface area contributed by atoms with Gasteiger partial charge in [0.1, 0.15) is 0 Å². The van der Waals surface area contributed by atoms with E-state index in [2.05, 4.69) is 20.7 Å². The first-order chi connectivity index (χ1) is 19.5. The summed E-state index contributed by atoms with van der Waals surface area (Å²) < 4.78 is 28.9. The minimum atomic E-state index is -0.307. The van der Waals surface area contributed by atoms with Crippen LogP contribution in [0.4, 0.5) is 0 Å². The number of thioether (sulfide) groups is 1. The summed E-state index contributed by atoms with van der Waals surface area (Å²) in [5.41, 5.74) is 4.80. The first-order valence-electron chi connectivity index (χ1n) is 12.0. The molecule has 0 aliphatic carbocycles. The van der Waals surface area contributed by atoms with Gasteiger partial charge in [-0.05, 0) is 48.0 Å². The average Bonchev–Trinajstić information content (AvgIpc) is 3.43. The highest BCUT2D eigenvalue weighted by Crippen LogP contribution is 2.41. The number of carbonyl (C=O) groups excluding carboxylic acids is 1. The SMILES string of the molecule is COc1ccc(C=NNC(=O)CSc2nnc(-c3cc(OC)c(OC)c(OC)c3)n2-c2ccccc2)cc1OC. The molecule has 40 heavy (non-hydrogen) atoms. The fraction of sp³-hybridized carbons (Fsp3) is 0.214. The van der Waals surface area contributed by atoms with Crippen LogP contribution in [-0.2, 0) is 4.79 Å². The smallest absolute Gasteiger partial charge is 0.250 e. The molecule has 11 nitrogen and oxygen atoms in total. The van der Waals surface area contributed by atoms with Crippen LogP contribution in [0.5, 0.6) is 28.7 Å². The predicted molar refractivity (Wildman–Crippen MR) is 152 cm³/mol. The van der Waals surface area contributed by atoms with Crippen LogP contribution in [0.2, 0.25) is 0 Å². The van der Waals surface area contributed by atoms with Crippen molar-refractivity contribution in [3.05, 3.63) is 66.2 Å². The zero-order valence-corrected chi connectivity index (χ0v) is 23.5. The molecule has 3 aromatic carbocycles. The quantitative estimate of drug-likeness (QED) is 0.154. The first kappa shape index (κ1) is 28.3. The molecular formula is C28H29N5O6S. The zero-order valence-electron chi connectivity index (χ0n) is 22.7. The lowest BCUT2D eigenvalue weighted by Crippen LogP contribution is -2.20. The number of hydrogen-bond acceptors (Lipinski definition) is 10. The van der Waals surface area contributed by atoms with Crippen LogP contribution in [0.3, 0.4) is 0 Å². The number of amides is 1. The Morgan fingerprint density at radius 1 is 0.850 bits per heavy atom. The highest BCUT2D eigenvalue weighted by Gasteiger charge is 2.21. The van der Waals surface area contributed by atoms with Gasteiger partial charge in [0, 0.05) is 11.3 Å². The van der Waals surface area contributed by atoms with Crippen LogP contribution in [0.25, 0.3) is 17.1 Å². The molecule has 0 saturated heterocycles. The van der Waals surface area contributed by atoms with Crippen molar-refractivity contribution in [1.29, 1.82) is 0 Å². The van der Waals surface area contributed by atoms with Gasteiger partial charge in [0.2, 0.25) is 5.75 Å². The van der Waals surface area contributed by atoms with E-state index in [1.165, 1.54) is 18.0 Å². The molecule has 1 N–H and O–H groups in total. The van der Waals surface area contributed by atoms with Crippen molar-refractivity contribution < 1.29 is 28.5 Å². The zero-order chi connectivity index (χ0) is 28.5. The van der Waals surface area contributed by atoms with E-state index in [4.69, 9.17) is 23.7 Å². The fourth-order valence-corrected chi connectivity index (χ4v) is 4.59. The number of aromatic nitrogens is 3. The van der Waals surface area contributed by atoms with Gasteiger partial charge >= 0.3 is 0 Å². The molecule has 12 heteroatoms. The molecule has 208 valence electrons. The van der Waals surface area contributed by atoms with E-state index < -0.39 is 0 Å². The Kier molecular flexibility index (Phi) is 9.47. The Bertz CT molecular complexity index is 1470. The summed E-state index contributed by atoms with van der Waals surface area (Å²) in [6.07, 6.45) is 1.53. The molecule has 1 aromatic heterocycles. The lowest BCUT2D eigenvalue weighted by atomic mass is 10.1. The molecule has 1 heterocycles. The van der Waals surface area contributed by atoms with Gasteiger partial charge in [0.15, 0.2) is 34.0 Å². The summed E-state index contributed by atoms with van der Waals surface area (Å²) >= 11 is 1.23. The maximum Gasteiger partial charge on any atom is 0.250 e. The molecule has 0 atom stereocenters. The second-order valence-electron chi connectivity index (χ2n) is 8.09. The number of hydrogen-bond donors (Lipinski definition) is 1. The molecule has 0 bridgehead atoms. The lowest BCUT2D eigenvalue weighted by molar-refractivity contribution is -0.118. The molecule has 4 rings (SSSR count). The van der Waals surface area contributed by atoms with Crippen LogP contribution >= 0.6 is 11.8 Å². The third-order valence-corrected chi connectivity index (χ3v) is 6.64. The number of nitrogens with zero attached hydrogens (tertiary/aromatic N) is 4. The maximum absolute atomic E-state index is 12.6. The van der Waals surface area contributed by atoms with E-state index in [0.29, 0.717) is 45.3 Å². The van der Waals surface area contributed by atoms with Crippen molar-refractivity contribution in [1.82, 2.24) is 20.2 Å². The molecule has 1 amide bonds. The summed E-state index contributed by atoms with van der Waals surface area (Å²) in [6.45, 7) is 0. The van der Waals surface area contributed by atoms with E-state index in [-0.39, 0.29) is 11.7 Å². The Hall–Kier alpha value is -4.71. The molecular weight excluding hydrogens is 534 g/mol. The van der Waals surface area contributed by atoms with Gasteiger partial charge in [0.25, 0.3) is 5.91 Å². The Morgan fingerprint density at radius 2 is 1.52 bits per heavy atom. The van der Waals surface area contributed by atoms with Crippen molar-refractivity contribution in [3.8, 4) is 45.8 Å². The standard InChI is InChI=1S/C28H29N5O6S/c1-35-21-12-11-18(13-22(21)36-2)16-29-30-25(34)17-40-28-32-31-27(33(28)20-9-7-6-8-10-20)19-14-23(37-3)26(39-5)24(15-19)38-4/h6-16H,17H2,1-5H3,(H,30,34). The first-order valence-corrected chi connectivity index (χ1v) is 13.0. The van der Waals surface area contributed by atoms with Crippen LogP contribution < -0.4 is 29.1 Å². The van der Waals surface area contributed by atoms with Gasteiger partial charge in [-0.2, -0.15) is 5.10 Å². The summed E-state index contributed by atoms with van der Waals surface area (Å²) in [5, 5.41) is 13.4. The molecule has 0 aliphatic rings. The highest BCUT2D eigenvalue weighted by molar-refractivity contribution is 7.99. The minimum Gasteiger partial charge on any atom is -0.493 e. The van der Waals surface area contributed by atoms with Crippen LogP contribution in [0.15, 0.2) is 70.9 Å². The number of carbonyl (C=O) groups is 1. The predicted octanol–water partition coefficient (Wildman–Crippen LogP) is 4.22. The van der Waals surface area contributed by atoms with Gasteiger partial charge in [-0.15, -0.1) is 10.2 Å².